The Labute approximate surface area is 137 Å². The zero-order valence-corrected chi connectivity index (χ0v) is 16.0. The van der Waals surface area contributed by atoms with Crippen molar-refractivity contribution in [3.05, 3.63) is 10.6 Å². The largest absolute Gasteiger partial charge is 0.378 e. The molecule has 0 radical (unpaired) electrons. The van der Waals surface area contributed by atoms with E-state index in [1.54, 1.807) is 18.4 Å². The molecule has 1 rings (SSSR count). The van der Waals surface area contributed by atoms with Gasteiger partial charge in [0.15, 0.2) is 5.13 Å². The van der Waals surface area contributed by atoms with E-state index in [9.17, 15) is 0 Å². The van der Waals surface area contributed by atoms with Crippen LogP contribution in [-0.2, 0) is 17.9 Å². The van der Waals surface area contributed by atoms with Crippen LogP contribution in [0.2, 0.25) is 0 Å². The third-order valence-electron chi connectivity index (χ3n) is 3.20. The first kappa shape index (κ1) is 18.7. The van der Waals surface area contributed by atoms with E-state index in [2.05, 4.69) is 51.2 Å². The van der Waals surface area contributed by atoms with Crippen molar-refractivity contribution in [3.8, 4) is 0 Å². The average Bonchev–Trinajstić information content (AvgIpc) is 2.78. The van der Waals surface area contributed by atoms with Gasteiger partial charge < -0.3 is 15.0 Å². The number of thiazole rings is 1. The molecule has 0 bridgehead atoms. The Morgan fingerprint density at radius 3 is 2.62 bits per heavy atom. The fourth-order valence-electron chi connectivity index (χ4n) is 1.80. The molecular formula is C15H29N3OS2. The second kappa shape index (κ2) is 8.36. The van der Waals surface area contributed by atoms with Gasteiger partial charge in [0.1, 0.15) is 0 Å². The molecule has 0 aliphatic rings. The molecule has 4 nitrogen and oxygen atoms in total. The van der Waals surface area contributed by atoms with Crippen molar-refractivity contribution in [1.29, 1.82) is 0 Å². The summed E-state index contributed by atoms with van der Waals surface area (Å²) in [4.78, 5) is 8.31. The molecular weight excluding hydrogens is 302 g/mol. The molecule has 1 atom stereocenters. The second-order valence-corrected chi connectivity index (χ2v) is 8.29. The van der Waals surface area contributed by atoms with Crippen LogP contribution in [0.15, 0.2) is 0 Å². The highest BCUT2D eigenvalue weighted by Gasteiger charge is 2.18. The maximum absolute atomic E-state index is 5.30. The molecule has 0 amide bonds. The van der Waals surface area contributed by atoms with Crippen LogP contribution >= 0.6 is 23.1 Å². The summed E-state index contributed by atoms with van der Waals surface area (Å²) >= 11 is 3.63. The van der Waals surface area contributed by atoms with Crippen molar-refractivity contribution < 1.29 is 4.74 Å². The number of rotatable bonds is 8. The van der Waals surface area contributed by atoms with Gasteiger partial charge >= 0.3 is 0 Å². The molecule has 6 heteroatoms. The molecule has 0 fully saturated rings. The summed E-state index contributed by atoms with van der Waals surface area (Å²) in [5.74, 6) is 1.10. The van der Waals surface area contributed by atoms with Crippen molar-refractivity contribution in [2.24, 2.45) is 0 Å². The van der Waals surface area contributed by atoms with E-state index in [1.807, 2.05) is 11.8 Å². The first-order chi connectivity index (χ1) is 9.78. The number of thioether (sulfide) groups is 1. The number of hydrogen-bond acceptors (Lipinski definition) is 6. The van der Waals surface area contributed by atoms with Gasteiger partial charge in [-0.2, -0.15) is 11.8 Å². The van der Waals surface area contributed by atoms with Gasteiger partial charge in [-0.1, -0.05) is 0 Å². The summed E-state index contributed by atoms with van der Waals surface area (Å²) in [7, 11) is 3.84. The molecule has 1 unspecified atom stereocenters. The van der Waals surface area contributed by atoms with Gasteiger partial charge in [0.2, 0.25) is 0 Å². The Morgan fingerprint density at radius 2 is 2.10 bits per heavy atom. The predicted molar refractivity (Wildman–Crippen MR) is 95.7 cm³/mol. The minimum Gasteiger partial charge on any atom is -0.378 e. The van der Waals surface area contributed by atoms with Crippen LogP contribution < -0.4 is 10.2 Å². The normalized spacial score (nSPS) is 13.5. The van der Waals surface area contributed by atoms with Crippen molar-refractivity contribution in [2.75, 3.05) is 31.1 Å². The molecule has 0 saturated heterocycles. The number of anilines is 1. The van der Waals surface area contributed by atoms with Gasteiger partial charge in [-0.05, 0) is 34.0 Å². The SMILES string of the molecule is COCc1nc(N(C)C(C)CSC)sc1CNC(C)(C)C. The van der Waals surface area contributed by atoms with Crippen LogP contribution in [0.1, 0.15) is 38.3 Å². The monoisotopic (exact) mass is 331 g/mol. The maximum atomic E-state index is 5.30. The lowest BCUT2D eigenvalue weighted by molar-refractivity contribution is 0.181. The smallest absolute Gasteiger partial charge is 0.185 e. The minimum absolute atomic E-state index is 0.104. The van der Waals surface area contributed by atoms with Gasteiger partial charge in [0.05, 0.1) is 12.3 Å². The summed E-state index contributed by atoms with van der Waals surface area (Å²) in [5, 5.41) is 4.61. The number of methoxy groups -OCH3 is 1. The van der Waals surface area contributed by atoms with Crippen LogP contribution in [0.25, 0.3) is 0 Å². The highest BCUT2D eigenvalue weighted by Crippen LogP contribution is 2.28. The molecule has 1 aromatic heterocycles. The Hall–Kier alpha value is -0.300. The van der Waals surface area contributed by atoms with E-state index in [0.717, 1.165) is 23.1 Å². The van der Waals surface area contributed by atoms with Crippen LogP contribution in [0, 0.1) is 0 Å². The van der Waals surface area contributed by atoms with Crippen LogP contribution in [0.4, 0.5) is 5.13 Å². The number of nitrogens with one attached hydrogen (secondary N) is 1. The topological polar surface area (TPSA) is 37.4 Å². The molecule has 1 N–H and O–H groups in total. The lowest BCUT2D eigenvalue weighted by Crippen LogP contribution is -2.35. The van der Waals surface area contributed by atoms with Crippen LogP contribution in [-0.4, -0.2) is 42.7 Å². The molecule has 0 spiro atoms. The summed E-state index contributed by atoms with van der Waals surface area (Å²) in [6, 6.07) is 0.477. The highest BCUT2D eigenvalue weighted by molar-refractivity contribution is 7.98. The minimum atomic E-state index is 0.104. The zero-order chi connectivity index (χ0) is 16.0. The van der Waals surface area contributed by atoms with Crippen molar-refractivity contribution in [2.45, 2.75) is 52.4 Å². The first-order valence-electron chi connectivity index (χ1n) is 7.22. The van der Waals surface area contributed by atoms with Gasteiger partial charge in [0, 0.05) is 42.9 Å². The number of hydrogen-bond donors (Lipinski definition) is 1. The van der Waals surface area contributed by atoms with E-state index in [-0.39, 0.29) is 5.54 Å². The maximum Gasteiger partial charge on any atom is 0.185 e. The summed E-state index contributed by atoms with van der Waals surface area (Å²) in [6.07, 6.45) is 2.14. The van der Waals surface area contributed by atoms with Crippen molar-refractivity contribution in [3.63, 3.8) is 0 Å². The molecule has 1 heterocycles. The van der Waals surface area contributed by atoms with Gasteiger partial charge in [-0.15, -0.1) is 11.3 Å². The van der Waals surface area contributed by atoms with Gasteiger partial charge in [-0.25, -0.2) is 4.98 Å². The molecule has 0 aliphatic carbocycles. The van der Waals surface area contributed by atoms with E-state index < -0.39 is 0 Å². The molecule has 0 aliphatic heterocycles. The predicted octanol–water partition coefficient (Wildman–Crippen LogP) is 3.37. The summed E-state index contributed by atoms with van der Waals surface area (Å²) in [5.41, 5.74) is 1.16. The summed E-state index contributed by atoms with van der Waals surface area (Å²) in [6.45, 7) is 10.2. The fourth-order valence-corrected chi connectivity index (χ4v) is 3.57. The second-order valence-electron chi connectivity index (χ2n) is 6.32. The Kier molecular flexibility index (Phi) is 7.47. The Bertz CT molecular complexity index is 429. The molecule has 122 valence electrons. The highest BCUT2D eigenvalue weighted by atomic mass is 32.2. The van der Waals surface area contributed by atoms with Crippen LogP contribution in [0.3, 0.4) is 0 Å². The standard InChI is InChI=1S/C15H29N3OS2/c1-11(10-20-7)18(5)14-17-12(9-19-6)13(21-14)8-16-15(2,3)4/h11,16H,8-10H2,1-7H3. The van der Waals surface area contributed by atoms with Crippen molar-refractivity contribution >= 4 is 28.2 Å². The van der Waals surface area contributed by atoms with Crippen molar-refractivity contribution in [1.82, 2.24) is 10.3 Å². The van der Waals surface area contributed by atoms with E-state index in [0.29, 0.717) is 12.6 Å². The van der Waals surface area contributed by atoms with E-state index >= 15 is 0 Å². The average molecular weight is 332 g/mol. The summed E-state index contributed by atoms with van der Waals surface area (Å²) < 4.78 is 5.30. The lowest BCUT2D eigenvalue weighted by atomic mass is 10.1. The van der Waals surface area contributed by atoms with E-state index in [1.165, 1.54) is 4.88 Å². The Morgan fingerprint density at radius 1 is 1.43 bits per heavy atom. The number of nitrogens with zero attached hydrogens (tertiary/aromatic N) is 2. The van der Waals surface area contributed by atoms with Gasteiger partial charge in [0.25, 0.3) is 0 Å². The van der Waals surface area contributed by atoms with Crippen LogP contribution in [0.5, 0.6) is 0 Å². The lowest BCUT2D eigenvalue weighted by Gasteiger charge is -2.23. The Balaban J connectivity index is 2.87. The third-order valence-corrected chi connectivity index (χ3v) is 5.20. The molecule has 0 saturated carbocycles. The molecule has 1 aromatic rings. The third kappa shape index (κ3) is 6.14. The fraction of sp³-hybridized carbons (Fsp3) is 0.800. The number of aromatic nitrogens is 1. The quantitative estimate of drug-likeness (QED) is 0.790. The first-order valence-corrected chi connectivity index (χ1v) is 9.43. The van der Waals surface area contributed by atoms with Gasteiger partial charge in [-0.3, -0.25) is 0 Å². The number of ether oxygens (including phenoxy) is 1. The molecule has 21 heavy (non-hydrogen) atoms. The molecule has 0 aromatic carbocycles. The van der Waals surface area contributed by atoms with E-state index in [4.69, 9.17) is 9.72 Å². The zero-order valence-electron chi connectivity index (χ0n) is 14.3.